The van der Waals surface area contributed by atoms with E-state index in [4.69, 9.17) is 21.3 Å². The fourth-order valence-corrected chi connectivity index (χ4v) is 4.24. The molecular formula is C22H36ClN5O. The second-order valence-corrected chi connectivity index (χ2v) is 8.44. The van der Waals surface area contributed by atoms with Gasteiger partial charge in [-0.25, -0.2) is 0 Å². The van der Waals surface area contributed by atoms with E-state index < -0.39 is 0 Å². The molecule has 6 nitrogen and oxygen atoms in total. The maximum atomic E-state index is 6.13. The number of halogens is 1. The number of piperazine rings is 1. The highest BCUT2D eigenvalue weighted by molar-refractivity contribution is 6.30. The van der Waals surface area contributed by atoms with Crippen molar-refractivity contribution in [2.24, 2.45) is 10.9 Å². The number of nitrogens with one attached hydrogen (secondary N) is 1. The third-order valence-corrected chi connectivity index (χ3v) is 5.93. The minimum absolute atomic E-state index is 0.625. The van der Waals surface area contributed by atoms with Crippen molar-refractivity contribution < 1.29 is 4.74 Å². The topological polar surface area (TPSA) is 43.3 Å². The lowest BCUT2D eigenvalue weighted by atomic mass is 10.1. The molecule has 0 aromatic heterocycles. The summed E-state index contributed by atoms with van der Waals surface area (Å²) in [6, 6.07) is 8.16. The molecule has 2 aliphatic heterocycles. The zero-order chi connectivity index (χ0) is 20.5. The van der Waals surface area contributed by atoms with E-state index in [1.54, 1.807) is 0 Å². The Morgan fingerprint density at radius 2 is 2.14 bits per heavy atom. The van der Waals surface area contributed by atoms with Gasteiger partial charge in [-0.3, -0.25) is 9.89 Å². The van der Waals surface area contributed by atoms with Gasteiger partial charge in [0.25, 0.3) is 0 Å². The molecule has 0 radical (unpaired) electrons. The average Bonchev–Trinajstić information content (AvgIpc) is 3.24. The Morgan fingerprint density at radius 3 is 2.83 bits per heavy atom. The van der Waals surface area contributed by atoms with Crippen molar-refractivity contribution in [3.05, 3.63) is 29.3 Å². The molecule has 1 unspecified atom stereocenters. The Balaban J connectivity index is 1.38. The lowest BCUT2D eigenvalue weighted by Crippen LogP contribution is -2.46. The van der Waals surface area contributed by atoms with Crippen LogP contribution in [0.3, 0.4) is 0 Å². The summed E-state index contributed by atoms with van der Waals surface area (Å²) in [5.74, 6) is 1.64. The number of hydrogen-bond acceptors (Lipinski definition) is 4. The Hall–Kier alpha value is -1.50. The molecule has 1 atom stereocenters. The second kappa shape index (κ2) is 11.6. The smallest absolute Gasteiger partial charge is 0.193 e. The molecule has 1 aromatic carbocycles. The highest BCUT2D eigenvalue weighted by Gasteiger charge is 2.19. The first-order chi connectivity index (χ1) is 14.2. The summed E-state index contributed by atoms with van der Waals surface area (Å²) >= 11 is 6.13. The summed E-state index contributed by atoms with van der Waals surface area (Å²) in [6.07, 6.45) is 2.25. The van der Waals surface area contributed by atoms with Crippen LogP contribution in [0.25, 0.3) is 0 Å². The summed E-state index contributed by atoms with van der Waals surface area (Å²) in [5.41, 5.74) is 1.23. The highest BCUT2D eigenvalue weighted by Crippen LogP contribution is 2.20. The summed E-state index contributed by atoms with van der Waals surface area (Å²) < 4.78 is 5.50. The van der Waals surface area contributed by atoms with E-state index in [0.29, 0.717) is 5.92 Å². The number of guanidine groups is 1. The van der Waals surface area contributed by atoms with Crippen molar-refractivity contribution in [3.8, 4) is 0 Å². The van der Waals surface area contributed by atoms with E-state index in [2.05, 4.69) is 46.1 Å². The van der Waals surface area contributed by atoms with Crippen molar-refractivity contribution in [3.63, 3.8) is 0 Å². The lowest BCUT2D eigenvalue weighted by Gasteiger charge is -2.36. The monoisotopic (exact) mass is 421 g/mol. The number of benzene rings is 1. The van der Waals surface area contributed by atoms with Gasteiger partial charge >= 0.3 is 0 Å². The molecule has 7 heteroatoms. The van der Waals surface area contributed by atoms with Crippen LogP contribution in [0.4, 0.5) is 5.69 Å². The van der Waals surface area contributed by atoms with E-state index in [1.165, 1.54) is 5.69 Å². The van der Waals surface area contributed by atoms with E-state index >= 15 is 0 Å². The number of hydrogen-bond donors (Lipinski definition) is 1. The van der Waals surface area contributed by atoms with Gasteiger partial charge in [-0.05, 0) is 38.0 Å². The summed E-state index contributed by atoms with van der Waals surface area (Å²) in [7, 11) is 2.13. The van der Waals surface area contributed by atoms with E-state index in [9.17, 15) is 0 Å². The van der Waals surface area contributed by atoms with Gasteiger partial charge in [0.2, 0.25) is 0 Å². The maximum absolute atomic E-state index is 6.13. The third-order valence-electron chi connectivity index (χ3n) is 5.69. The fourth-order valence-electron chi connectivity index (χ4n) is 4.05. The van der Waals surface area contributed by atoms with Crippen molar-refractivity contribution in [2.75, 3.05) is 77.5 Å². The number of rotatable bonds is 8. The van der Waals surface area contributed by atoms with Crippen LogP contribution in [0.5, 0.6) is 0 Å². The van der Waals surface area contributed by atoms with E-state index in [0.717, 1.165) is 89.4 Å². The van der Waals surface area contributed by atoms with Crippen molar-refractivity contribution in [1.29, 1.82) is 0 Å². The molecule has 1 aromatic rings. The average molecular weight is 422 g/mol. The van der Waals surface area contributed by atoms with Crippen LogP contribution in [0.1, 0.15) is 19.8 Å². The summed E-state index contributed by atoms with van der Waals surface area (Å²) in [4.78, 5) is 12.1. The third kappa shape index (κ3) is 7.05. The van der Waals surface area contributed by atoms with Crippen LogP contribution in [-0.4, -0.2) is 88.4 Å². The van der Waals surface area contributed by atoms with Gasteiger partial charge < -0.3 is 19.9 Å². The van der Waals surface area contributed by atoms with Gasteiger partial charge in [0.1, 0.15) is 0 Å². The molecule has 0 saturated carbocycles. The van der Waals surface area contributed by atoms with Crippen LogP contribution in [0.15, 0.2) is 29.3 Å². The molecule has 0 aliphatic carbocycles. The molecule has 2 heterocycles. The molecule has 2 saturated heterocycles. The zero-order valence-electron chi connectivity index (χ0n) is 17.9. The van der Waals surface area contributed by atoms with Crippen LogP contribution in [0.2, 0.25) is 5.02 Å². The second-order valence-electron chi connectivity index (χ2n) is 8.01. The molecule has 2 fully saturated rings. The van der Waals surface area contributed by atoms with Gasteiger partial charge in [0.05, 0.1) is 6.61 Å². The van der Waals surface area contributed by atoms with Crippen molar-refractivity contribution in [1.82, 2.24) is 15.1 Å². The molecule has 0 amide bonds. The van der Waals surface area contributed by atoms with E-state index in [-0.39, 0.29) is 0 Å². The number of anilines is 1. The van der Waals surface area contributed by atoms with Gasteiger partial charge in [0.15, 0.2) is 5.96 Å². The molecule has 29 heavy (non-hydrogen) atoms. The number of aliphatic imine (C=N–C) groups is 1. The Morgan fingerprint density at radius 1 is 1.31 bits per heavy atom. The van der Waals surface area contributed by atoms with Crippen LogP contribution in [0, 0.1) is 5.92 Å². The van der Waals surface area contributed by atoms with Crippen LogP contribution in [-0.2, 0) is 4.74 Å². The predicted octanol–water partition coefficient (Wildman–Crippen LogP) is 2.79. The van der Waals surface area contributed by atoms with Crippen LogP contribution < -0.4 is 10.2 Å². The van der Waals surface area contributed by atoms with Crippen molar-refractivity contribution in [2.45, 2.75) is 19.8 Å². The molecule has 1 N–H and O–H groups in total. The van der Waals surface area contributed by atoms with Gasteiger partial charge in [-0.15, -0.1) is 0 Å². The molecule has 0 bridgehead atoms. The summed E-state index contributed by atoms with van der Waals surface area (Å²) in [6.45, 7) is 12.1. The lowest BCUT2D eigenvalue weighted by molar-refractivity contribution is 0.181. The summed E-state index contributed by atoms with van der Waals surface area (Å²) in [5, 5.41) is 4.24. The zero-order valence-corrected chi connectivity index (χ0v) is 18.7. The maximum Gasteiger partial charge on any atom is 0.193 e. The van der Waals surface area contributed by atoms with Crippen molar-refractivity contribution >= 4 is 23.2 Å². The first-order valence-corrected chi connectivity index (χ1v) is 11.3. The Kier molecular flexibility index (Phi) is 8.90. The minimum Gasteiger partial charge on any atom is -0.381 e. The normalized spacial score (nSPS) is 20.9. The largest absolute Gasteiger partial charge is 0.381 e. The van der Waals surface area contributed by atoms with E-state index in [1.807, 2.05) is 12.1 Å². The molecule has 2 aliphatic rings. The number of nitrogens with zero attached hydrogens (tertiary/aromatic N) is 4. The SMILES string of the molecule is CCNC(=NCCCN1CCN(c2cccc(Cl)c2)CC1)N(C)CC1CCOC1. The highest BCUT2D eigenvalue weighted by atomic mass is 35.5. The molecular weight excluding hydrogens is 386 g/mol. The Bertz CT molecular complexity index is 642. The molecule has 162 valence electrons. The standard InChI is InChI=1S/C22H36ClN5O/c1-3-24-22(26(2)17-19-8-15-29-18-19)25-9-5-10-27-11-13-28(14-12-27)21-7-4-6-20(23)16-21/h4,6-7,16,19H,3,5,8-15,17-18H2,1-2H3,(H,24,25). The van der Waals surface area contributed by atoms with Gasteiger partial charge in [-0.2, -0.15) is 0 Å². The molecule has 3 rings (SSSR count). The first-order valence-electron chi connectivity index (χ1n) is 11.0. The first kappa shape index (κ1) is 22.2. The molecule has 0 spiro atoms. The Labute approximate surface area is 180 Å². The minimum atomic E-state index is 0.625. The van der Waals surface area contributed by atoms with Crippen LogP contribution >= 0.6 is 11.6 Å². The quantitative estimate of drug-likeness (QED) is 0.397. The number of ether oxygens (including phenoxy) is 1. The fraction of sp³-hybridized carbons (Fsp3) is 0.682. The van der Waals surface area contributed by atoms with Gasteiger partial charge in [0, 0.05) is 82.6 Å². The predicted molar refractivity (Wildman–Crippen MR) is 122 cm³/mol. The van der Waals surface area contributed by atoms with Gasteiger partial charge in [-0.1, -0.05) is 17.7 Å².